The fourth-order valence-electron chi connectivity index (χ4n) is 1.26. The lowest BCUT2D eigenvalue weighted by Gasteiger charge is -2.08. The maximum absolute atomic E-state index is 9.67. The average Bonchev–Trinajstić information content (AvgIpc) is 2.52. The van der Waals surface area contributed by atoms with E-state index in [-0.39, 0.29) is 6.10 Å². The van der Waals surface area contributed by atoms with Crippen LogP contribution in [-0.4, -0.2) is 24.9 Å². The average molecular weight is 279 g/mol. The molecule has 1 rings (SSSR count). The minimum absolute atomic E-state index is 0.240. The van der Waals surface area contributed by atoms with E-state index in [4.69, 9.17) is 4.74 Å². The zero-order valence-electron chi connectivity index (χ0n) is 8.20. The van der Waals surface area contributed by atoms with E-state index < -0.39 is 0 Å². The Hall–Kier alpha value is 0.1000. The second-order valence-electron chi connectivity index (χ2n) is 3.20. The molecule has 1 heterocycles. The molecule has 0 saturated carbocycles. The molecule has 0 aliphatic rings. The summed E-state index contributed by atoms with van der Waals surface area (Å²) in [6.45, 7) is 0.727. The van der Waals surface area contributed by atoms with Gasteiger partial charge in [0, 0.05) is 25.0 Å². The van der Waals surface area contributed by atoms with Gasteiger partial charge in [0.05, 0.1) is 9.89 Å². The number of aliphatic hydroxyl groups is 1. The summed E-state index contributed by atoms with van der Waals surface area (Å²) in [4.78, 5) is 1.22. The quantitative estimate of drug-likeness (QED) is 0.811. The van der Waals surface area contributed by atoms with Crippen molar-refractivity contribution in [2.75, 3.05) is 13.7 Å². The van der Waals surface area contributed by atoms with Crippen LogP contribution in [0.5, 0.6) is 0 Å². The first-order chi connectivity index (χ1) is 6.72. The summed E-state index contributed by atoms with van der Waals surface area (Å²) in [5.74, 6) is 0. The van der Waals surface area contributed by atoms with Gasteiger partial charge in [-0.1, -0.05) is 0 Å². The van der Waals surface area contributed by atoms with Crippen molar-refractivity contribution in [1.29, 1.82) is 0 Å². The van der Waals surface area contributed by atoms with Gasteiger partial charge in [-0.2, -0.15) is 0 Å². The molecule has 1 aromatic heterocycles. The Labute approximate surface area is 97.0 Å². The van der Waals surface area contributed by atoms with E-state index in [1.807, 2.05) is 12.1 Å². The van der Waals surface area contributed by atoms with Gasteiger partial charge in [0.1, 0.15) is 0 Å². The Morgan fingerprint density at radius 1 is 1.57 bits per heavy atom. The highest BCUT2D eigenvalue weighted by molar-refractivity contribution is 9.11. The molecule has 0 saturated heterocycles. The minimum Gasteiger partial charge on any atom is -0.393 e. The number of thiophene rings is 1. The molecule has 0 aliphatic carbocycles. The van der Waals surface area contributed by atoms with Crippen LogP contribution in [0.25, 0.3) is 0 Å². The van der Waals surface area contributed by atoms with Crippen LogP contribution in [0.15, 0.2) is 15.9 Å². The second kappa shape index (κ2) is 6.56. The molecule has 14 heavy (non-hydrogen) atoms. The summed E-state index contributed by atoms with van der Waals surface area (Å²) in [6, 6.07) is 4.07. The molecule has 0 aliphatic heterocycles. The Kier molecular flexibility index (Phi) is 5.70. The lowest BCUT2D eigenvalue weighted by atomic mass is 10.1. The summed E-state index contributed by atoms with van der Waals surface area (Å²) in [5.41, 5.74) is 0. The van der Waals surface area contributed by atoms with Gasteiger partial charge in [0.25, 0.3) is 0 Å². The Morgan fingerprint density at radius 2 is 2.36 bits per heavy atom. The number of halogens is 1. The van der Waals surface area contributed by atoms with E-state index in [0.29, 0.717) is 0 Å². The van der Waals surface area contributed by atoms with Crippen LogP contribution >= 0.6 is 27.3 Å². The predicted molar refractivity (Wildman–Crippen MR) is 62.8 cm³/mol. The summed E-state index contributed by atoms with van der Waals surface area (Å²) in [5, 5.41) is 9.67. The third-order valence-corrected chi connectivity index (χ3v) is 3.60. The molecule has 1 atom stereocenters. The maximum atomic E-state index is 9.67. The topological polar surface area (TPSA) is 29.5 Å². The molecular formula is C10H15BrO2S. The molecule has 0 fully saturated rings. The fraction of sp³-hybridized carbons (Fsp3) is 0.600. The van der Waals surface area contributed by atoms with Crippen molar-refractivity contribution in [1.82, 2.24) is 0 Å². The normalized spacial score (nSPS) is 13.1. The molecule has 80 valence electrons. The minimum atomic E-state index is -0.240. The van der Waals surface area contributed by atoms with Crippen molar-refractivity contribution in [2.24, 2.45) is 0 Å². The SMILES string of the molecule is COCCCC(O)Cc1ccc(Br)s1. The number of methoxy groups -OCH3 is 1. The van der Waals surface area contributed by atoms with Crippen LogP contribution in [0.4, 0.5) is 0 Å². The lowest BCUT2D eigenvalue weighted by Crippen LogP contribution is -2.10. The molecule has 2 nitrogen and oxygen atoms in total. The third-order valence-electron chi connectivity index (χ3n) is 1.95. The van der Waals surface area contributed by atoms with Crippen molar-refractivity contribution in [2.45, 2.75) is 25.4 Å². The van der Waals surface area contributed by atoms with Crippen LogP contribution < -0.4 is 0 Å². The molecule has 0 aromatic carbocycles. The predicted octanol–water partition coefficient (Wildman–Crippen LogP) is 2.84. The van der Waals surface area contributed by atoms with Crippen LogP contribution in [0, 0.1) is 0 Å². The largest absolute Gasteiger partial charge is 0.393 e. The third kappa shape index (κ3) is 4.55. The molecule has 1 aromatic rings. The van der Waals surface area contributed by atoms with Crippen molar-refractivity contribution in [3.63, 3.8) is 0 Å². The molecular weight excluding hydrogens is 264 g/mol. The highest BCUT2D eigenvalue weighted by atomic mass is 79.9. The number of hydrogen-bond acceptors (Lipinski definition) is 3. The highest BCUT2D eigenvalue weighted by Gasteiger charge is 2.06. The van der Waals surface area contributed by atoms with E-state index >= 15 is 0 Å². The first kappa shape index (κ1) is 12.2. The van der Waals surface area contributed by atoms with Gasteiger partial charge < -0.3 is 9.84 Å². The lowest BCUT2D eigenvalue weighted by molar-refractivity contribution is 0.136. The van der Waals surface area contributed by atoms with Crippen LogP contribution in [0.1, 0.15) is 17.7 Å². The monoisotopic (exact) mass is 278 g/mol. The molecule has 0 radical (unpaired) electrons. The summed E-state index contributed by atoms with van der Waals surface area (Å²) in [6.07, 6.45) is 2.24. The molecule has 0 amide bonds. The van der Waals surface area contributed by atoms with E-state index in [1.165, 1.54) is 4.88 Å². The maximum Gasteiger partial charge on any atom is 0.0701 e. The van der Waals surface area contributed by atoms with Crippen molar-refractivity contribution in [3.05, 3.63) is 20.8 Å². The van der Waals surface area contributed by atoms with Gasteiger partial charge in [0.15, 0.2) is 0 Å². The standard InChI is InChI=1S/C10H15BrO2S/c1-13-6-2-3-8(12)7-9-4-5-10(11)14-9/h4-5,8,12H,2-3,6-7H2,1H3. The smallest absolute Gasteiger partial charge is 0.0701 e. The van der Waals surface area contributed by atoms with Crippen LogP contribution in [0.3, 0.4) is 0 Å². The number of ether oxygens (including phenoxy) is 1. The van der Waals surface area contributed by atoms with Gasteiger partial charge in [-0.05, 0) is 40.9 Å². The van der Waals surface area contributed by atoms with E-state index in [1.54, 1.807) is 18.4 Å². The Balaban J connectivity index is 2.23. The first-order valence-corrected chi connectivity index (χ1v) is 6.24. The summed E-state index contributed by atoms with van der Waals surface area (Å²) in [7, 11) is 1.68. The summed E-state index contributed by atoms with van der Waals surface area (Å²) < 4.78 is 6.05. The fourth-order valence-corrected chi connectivity index (χ4v) is 2.81. The summed E-state index contributed by atoms with van der Waals surface area (Å²) >= 11 is 5.08. The number of aliphatic hydroxyl groups excluding tert-OH is 1. The van der Waals surface area contributed by atoms with Crippen LogP contribution in [0.2, 0.25) is 0 Å². The zero-order valence-corrected chi connectivity index (χ0v) is 10.6. The number of rotatable bonds is 6. The van der Waals surface area contributed by atoms with Crippen LogP contribution in [-0.2, 0) is 11.2 Å². The van der Waals surface area contributed by atoms with Crippen molar-refractivity contribution < 1.29 is 9.84 Å². The van der Waals surface area contributed by atoms with Gasteiger partial charge >= 0.3 is 0 Å². The molecule has 1 N–H and O–H groups in total. The van der Waals surface area contributed by atoms with Gasteiger partial charge in [-0.15, -0.1) is 11.3 Å². The first-order valence-electron chi connectivity index (χ1n) is 4.63. The Morgan fingerprint density at radius 3 is 2.93 bits per heavy atom. The zero-order chi connectivity index (χ0) is 10.4. The van der Waals surface area contributed by atoms with Gasteiger partial charge in [-0.25, -0.2) is 0 Å². The van der Waals surface area contributed by atoms with Gasteiger partial charge in [-0.3, -0.25) is 0 Å². The van der Waals surface area contributed by atoms with E-state index in [0.717, 1.165) is 29.7 Å². The highest BCUT2D eigenvalue weighted by Crippen LogP contribution is 2.23. The van der Waals surface area contributed by atoms with E-state index in [9.17, 15) is 5.11 Å². The second-order valence-corrected chi connectivity index (χ2v) is 5.75. The van der Waals surface area contributed by atoms with E-state index in [2.05, 4.69) is 15.9 Å². The number of hydrogen-bond donors (Lipinski definition) is 1. The van der Waals surface area contributed by atoms with Crippen molar-refractivity contribution >= 4 is 27.3 Å². The molecule has 0 spiro atoms. The van der Waals surface area contributed by atoms with Crippen molar-refractivity contribution in [3.8, 4) is 0 Å². The molecule has 1 unspecified atom stereocenters. The Bertz CT molecular complexity index is 262. The molecule has 4 heteroatoms. The van der Waals surface area contributed by atoms with Gasteiger partial charge in [0.2, 0.25) is 0 Å². The molecule has 0 bridgehead atoms.